The van der Waals surface area contributed by atoms with Gasteiger partial charge < -0.3 is 0 Å². The van der Waals surface area contributed by atoms with Gasteiger partial charge in [0.2, 0.25) is 0 Å². The second-order valence-corrected chi connectivity index (χ2v) is 11.7. The van der Waals surface area contributed by atoms with Crippen LogP contribution in [0.5, 0.6) is 0 Å². The lowest BCUT2D eigenvalue weighted by Gasteiger charge is -2.13. The van der Waals surface area contributed by atoms with E-state index >= 15 is 0 Å². The number of aromatic nitrogens is 3. The van der Waals surface area contributed by atoms with E-state index in [2.05, 4.69) is 133 Å². The Morgan fingerprint density at radius 2 is 0.891 bits per heavy atom. The summed E-state index contributed by atoms with van der Waals surface area (Å²) >= 11 is 0. The lowest BCUT2D eigenvalue weighted by molar-refractivity contribution is 1.28. The molecule has 3 heteroatoms. The Kier molecular flexibility index (Phi) is 6.14. The van der Waals surface area contributed by atoms with E-state index in [1.54, 1.807) is 0 Å². The minimum Gasteiger partial charge on any atom is -0.254 e. The van der Waals surface area contributed by atoms with Crippen molar-refractivity contribution in [2.75, 3.05) is 0 Å². The average molecular weight is 586 g/mol. The zero-order chi connectivity index (χ0) is 30.5. The summed E-state index contributed by atoms with van der Waals surface area (Å²) in [6.45, 7) is 0. The Morgan fingerprint density at radius 1 is 0.326 bits per heavy atom. The molecule has 46 heavy (non-hydrogen) atoms. The van der Waals surface area contributed by atoms with E-state index < -0.39 is 0 Å². The predicted molar refractivity (Wildman–Crippen MR) is 192 cm³/mol. The van der Waals surface area contributed by atoms with Crippen LogP contribution < -0.4 is 0 Å². The van der Waals surface area contributed by atoms with Gasteiger partial charge in [0.05, 0.1) is 28.1 Å². The summed E-state index contributed by atoms with van der Waals surface area (Å²) in [5.41, 5.74) is 10.1. The largest absolute Gasteiger partial charge is 0.254 e. The van der Waals surface area contributed by atoms with Crippen molar-refractivity contribution in [3.63, 3.8) is 0 Å². The Hall–Kier alpha value is -6.19. The summed E-state index contributed by atoms with van der Waals surface area (Å²) in [6, 6.07) is 55.5. The maximum absolute atomic E-state index is 5.19. The lowest BCUT2D eigenvalue weighted by atomic mass is 9.94. The highest BCUT2D eigenvalue weighted by molar-refractivity contribution is 6.00. The fourth-order valence-electron chi connectivity index (χ4n) is 6.42. The molecule has 0 N–H and O–H groups in total. The zero-order valence-corrected chi connectivity index (χ0v) is 24.9. The molecule has 0 saturated carbocycles. The average Bonchev–Trinajstić information content (AvgIpc) is 3.13. The van der Waals surface area contributed by atoms with Crippen LogP contribution in [0.2, 0.25) is 0 Å². The summed E-state index contributed by atoms with van der Waals surface area (Å²) < 4.78 is 0. The van der Waals surface area contributed by atoms with Crippen LogP contribution in [0.3, 0.4) is 0 Å². The first-order valence-electron chi connectivity index (χ1n) is 15.5. The van der Waals surface area contributed by atoms with Crippen molar-refractivity contribution in [3.05, 3.63) is 164 Å². The molecule has 0 unspecified atom stereocenters. The molecule has 9 rings (SSSR count). The quantitative estimate of drug-likeness (QED) is 0.206. The van der Waals surface area contributed by atoms with Crippen LogP contribution >= 0.6 is 0 Å². The zero-order valence-electron chi connectivity index (χ0n) is 24.9. The molecule has 3 nitrogen and oxygen atoms in total. The van der Waals surface area contributed by atoms with E-state index in [4.69, 9.17) is 15.0 Å². The Bertz CT molecular complexity index is 2590. The first-order chi connectivity index (χ1) is 22.7. The molecule has 0 fully saturated rings. The summed E-state index contributed by atoms with van der Waals surface area (Å²) in [6.07, 6.45) is 1.97. The van der Waals surface area contributed by atoms with Crippen molar-refractivity contribution in [3.8, 4) is 44.9 Å². The number of benzene rings is 6. The molecule has 0 saturated heterocycles. The highest BCUT2D eigenvalue weighted by Gasteiger charge is 2.13. The van der Waals surface area contributed by atoms with Crippen LogP contribution in [0.25, 0.3) is 88.2 Å². The van der Waals surface area contributed by atoms with E-state index in [0.29, 0.717) is 0 Å². The van der Waals surface area contributed by atoms with Gasteiger partial charge in [0.1, 0.15) is 0 Å². The molecule has 0 aliphatic carbocycles. The van der Waals surface area contributed by atoms with Gasteiger partial charge in [0, 0.05) is 28.1 Å². The Balaban J connectivity index is 1.20. The number of pyridine rings is 3. The van der Waals surface area contributed by atoms with Crippen molar-refractivity contribution < 1.29 is 0 Å². The lowest BCUT2D eigenvalue weighted by Crippen LogP contribution is -1.93. The molecule has 0 atom stereocenters. The first-order valence-corrected chi connectivity index (χ1v) is 15.5. The number of para-hydroxylation sites is 1. The Labute approximate surface area is 266 Å². The summed E-state index contributed by atoms with van der Waals surface area (Å²) in [7, 11) is 0. The van der Waals surface area contributed by atoms with Crippen molar-refractivity contribution in [1.29, 1.82) is 0 Å². The molecule has 0 bridgehead atoms. The monoisotopic (exact) mass is 585 g/mol. The van der Waals surface area contributed by atoms with Crippen molar-refractivity contribution in [2.24, 2.45) is 0 Å². The first kappa shape index (κ1) is 26.2. The maximum Gasteiger partial charge on any atom is 0.0893 e. The maximum atomic E-state index is 5.19. The molecule has 6 aromatic carbocycles. The van der Waals surface area contributed by atoms with Gasteiger partial charge in [-0.3, -0.25) is 4.98 Å². The van der Waals surface area contributed by atoms with Gasteiger partial charge in [-0.2, -0.15) is 0 Å². The molecule has 214 valence electrons. The van der Waals surface area contributed by atoms with Gasteiger partial charge in [-0.15, -0.1) is 0 Å². The SMILES string of the molecule is c1ccc2cc(-c3ccc4nc(-c5ccc6ccccc6c5)cc(-c5ccc(-c6ccc7ccccc7n6)nc5)c4c3)ccc2c1. The van der Waals surface area contributed by atoms with Gasteiger partial charge >= 0.3 is 0 Å². The van der Waals surface area contributed by atoms with Gasteiger partial charge in [0.25, 0.3) is 0 Å². The van der Waals surface area contributed by atoms with E-state index in [1.807, 2.05) is 30.5 Å². The van der Waals surface area contributed by atoms with Gasteiger partial charge in [-0.1, -0.05) is 109 Å². The third-order valence-electron chi connectivity index (χ3n) is 8.87. The van der Waals surface area contributed by atoms with Gasteiger partial charge in [-0.05, 0) is 86.8 Å². The van der Waals surface area contributed by atoms with E-state index in [0.717, 1.165) is 61.1 Å². The molecular weight excluding hydrogens is 558 g/mol. The molecule has 9 aromatic rings. The smallest absolute Gasteiger partial charge is 0.0893 e. The van der Waals surface area contributed by atoms with E-state index in [-0.39, 0.29) is 0 Å². The summed E-state index contributed by atoms with van der Waals surface area (Å²) in [5.74, 6) is 0. The summed E-state index contributed by atoms with van der Waals surface area (Å²) in [5, 5.41) is 7.09. The van der Waals surface area contributed by atoms with Crippen LogP contribution in [0, 0.1) is 0 Å². The predicted octanol–water partition coefficient (Wildman–Crippen LogP) is 11.2. The van der Waals surface area contributed by atoms with Crippen molar-refractivity contribution in [2.45, 2.75) is 0 Å². The second-order valence-electron chi connectivity index (χ2n) is 11.7. The molecule has 0 aliphatic rings. The topological polar surface area (TPSA) is 38.7 Å². The number of hydrogen-bond acceptors (Lipinski definition) is 3. The second kappa shape index (κ2) is 10.8. The molecule has 0 aliphatic heterocycles. The fraction of sp³-hybridized carbons (Fsp3) is 0. The number of hydrogen-bond donors (Lipinski definition) is 0. The van der Waals surface area contributed by atoms with Gasteiger partial charge in [0.15, 0.2) is 0 Å². The number of rotatable bonds is 4. The highest BCUT2D eigenvalue weighted by atomic mass is 14.8. The fourth-order valence-corrected chi connectivity index (χ4v) is 6.42. The third-order valence-corrected chi connectivity index (χ3v) is 8.87. The number of fused-ring (bicyclic) bond motifs is 4. The van der Waals surface area contributed by atoms with Crippen LogP contribution in [-0.4, -0.2) is 15.0 Å². The number of nitrogens with zero attached hydrogens (tertiary/aromatic N) is 3. The minimum atomic E-state index is 0.847. The van der Waals surface area contributed by atoms with E-state index in [1.165, 1.54) is 27.1 Å². The molecule has 3 heterocycles. The summed E-state index contributed by atoms with van der Waals surface area (Å²) in [4.78, 5) is 15.0. The van der Waals surface area contributed by atoms with E-state index in [9.17, 15) is 0 Å². The van der Waals surface area contributed by atoms with Crippen LogP contribution in [0.15, 0.2) is 164 Å². The van der Waals surface area contributed by atoms with Crippen LogP contribution in [0.1, 0.15) is 0 Å². The molecule has 0 radical (unpaired) electrons. The molecule has 3 aromatic heterocycles. The highest BCUT2D eigenvalue weighted by Crippen LogP contribution is 2.36. The van der Waals surface area contributed by atoms with Gasteiger partial charge in [-0.25, -0.2) is 9.97 Å². The minimum absolute atomic E-state index is 0.847. The third kappa shape index (κ3) is 4.66. The van der Waals surface area contributed by atoms with Crippen molar-refractivity contribution in [1.82, 2.24) is 15.0 Å². The molecule has 0 spiro atoms. The molecule has 0 amide bonds. The normalized spacial score (nSPS) is 11.5. The van der Waals surface area contributed by atoms with Crippen LogP contribution in [0.4, 0.5) is 0 Å². The van der Waals surface area contributed by atoms with Crippen molar-refractivity contribution >= 4 is 43.4 Å². The van der Waals surface area contributed by atoms with Crippen LogP contribution in [-0.2, 0) is 0 Å². The standard InChI is InChI=1S/C43H27N3/c1-3-10-31-23-33(15-13-28(31)7-1)34-18-20-40-38(25-34)37(26-43(46-40)35-16-14-29-8-2-4-11-32(29)24-35)36-19-21-41(44-27-36)42-22-17-30-9-5-6-12-39(30)45-42/h1-27H. The Morgan fingerprint density at radius 3 is 1.65 bits per heavy atom. The molecular formula is C43H27N3.